The Kier molecular flexibility index (Phi) is 3.49. The van der Waals surface area contributed by atoms with Gasteiger partial charge in [-0.15, -0.1) is 0 Å². The number of likely N-dealkylation sites (N-methyl/N-ethyl adjacent to an activating group) is 1. The zero-order valence-electron chi connectivity index (χ0n) is 12.5. The van der Waals surface area contributed by atoms with Gasteiger partial charge in [-0.3, -0.25) is 9.59 Å². The molecule has 3 rings (SSSR count). The molecule has 114 valence electrons. The predicted molar refractivity (Wildman–Crippen MR) is 77.0 cm³/mol. The number of rotatable bonds is 1. The molecule has 2 fully saturated rings. The number of aromatic amines is 1. The number of amides is 2. The Morgan fingerprint density at radius 2 is 2.10 bits per heavy atom. The summed E-state index contributed by atoms with van der Waals surface area (Å²) >= 11 is 0. The molecule has 0 unspecified atom stereocenters. The van der Waals surface area contributed by atoms with Gasteiger partial charge in [-0.25, -0.2) is 0 Å². The maximum absolute atomic E-state index is 12.5. The van der Waals surface area contributed by atoms with E-state index in [9.17, 15) is 9.59 Å². The van der Waals surface area contributed by atoms with Crippen LogP contribution in [0.15, 0.2) is 12.3 Å². The third-order valence-electron chi connectivity index (χ3n) is 4.60. The third-order valence-corrected chi connectivity index (χ3v) is 4.60. The van der Waals surface area contributed by atoms with Crippen molar-refractivity contribution in [3.8, 4) is 0 Å². The van der Waals surface area contributed by atoms with E-state index in [0.29, 0.717) is 19.6 Å². The number of carbonyl (C=O) groups excluding carboxylic acids is 2. The predicted octanol–water partition coefficient (Wildman–Crippen LogP) is 0.787. The third kappa shape index (κ3) is 2.55. The van der Waals surface area contributed by atoms with Gasteiger partial charge in [0.2, 0.25) is 5.91 Å². The summed E-state index contributed by atoms with van der Waals surface area (Å²) in [5, 5.41) is 0. The Labute approximate surface area is 124 Å². The number of aromatic nitrogens is 1. The number of nitrogens with one attached hydrogen (secondary N) is 1. The van der Waals surface area contributed by atoms with Crippen LogP contribution in [0.5, 0.6) is 0 Å². The first kappa shape index (κ1) is 14.1. The number of hydrogen-bond acceptors (Lipinski definition) is 3. The van der Waals surface area contributed by atoms with Gasteiger partial charge in [0.25, 0.3) is 5.91 Å². The summed E-state index contributed by atoms with van der Waals surface area (Å²) in [4.78, 5) is 30.6. The topological polar surface area (TPSA) is 65.6 Å². The van der Waals surface area contributed by atoms with E-state index in [1.165, 1.54) is 0 Å². The Bertz CT molecular complexity index is 558. The fraction of sp³-hybridized carbons (Fsp3) is 0.600. The number of carbonyl (C=O) groups is 2. The molecule has 1 aromatic rings. The van der Waals surface area contributed by atoms with Gasteiger partial charge >= 0.3 is 0 Å². The molecule has 2 aliphatic heterocycles. The van der Waals surface area contributed by atoms with Crippen molar-refractivity contribution >= 4 is 11.8 Å². The van der Waals surface area contributed by atoms with Crippen LogP contribution in [0.3, 0.4) is 0 Å². The number of ether oxygens (including phenoxy) is 1. The first-order chi connectivity index (χ1) is 10.0. The van der Waals surface area contributed by atoms with Crippen molar-refractivity contribution in [1.82, 2.24) is 14.8 Å². The summed E-state index contributed by atoms with van der Waals surface area (Å²) in [5.74, 6) is 0.103. The molecule has 2 aliphatic rings. The van der Waals surface area contributed by atoms with E-state index in [-0.39, 0.29) is 24.0 Å². The lowest BCUT2D eigenvalue weighted by Crippen LogP contribution is -2.58. The van der Waals surface area contributed by atoms with Crippen molar-refractivity contribution in [2.75, 3.05) is 33.3 Å². The highest BCUT2D eigenvalue weighted by Gasteiger charge is 2.42. The highest BCUT2D eigenvalue weighted by molar-refractivity contribution is 5.95. The van der Waals surface area contributed by atoms with Crippen molar-refractivity contribution < 1.29 is 14.3 Å². The summed E-state index contributed by atoms with van der Waals surface area (Å²) in [6.45, 7) is 4.03. The lowest BCUT2D eigenvalue weighted by molar-refractivity contribution is -0.167. The minimum absolute atomic E-state index is 0.0297. The molecule has 0 atom stereocenters. The van der Waals surface area contributed by atoms with Crippen LogP contribution in [0.4, 0.5) is 0 Å². The van der Waals surface area contributed by atoms with E-state index < -0.39 is 0 Å². The van der Waals surface area contributed by atoms with E-state index in [4.69, 9.17) is 4.74 Å². The molecule has 1 aromatic heterocycles. The number of piperidine rings is 1. The van der Waals surface area contributed by atoms with Crippen LogP contribution in [0.25, 0.3) is 0 Å². The number of H-pyrrole nitrogens is 1. The van der Waals surface area contributed by atoms with Crippen molar-refractivity contribution in [3.05, 3.63) is 23.5 Å². The van der Waals surface area contributed by atoms with Crippen LogP contribution < -0.4 is 0 Å². The van der Waals surface area contributed by atoms with Crippen LogP contribution in [-0.4, -0.2) is 65.5 Å². The molecule has 6 nitrogen and oxygen atoms in total. The molecule has 0 bridgehead atoms. The number of likely N-dealkylation sites (tertiary alicyclic amines) is 1. The molecule has 2 saturated heterocycles. The van der Waals surface area contributed by atoms with Gasteiger partial charge in [0, 0.05) is 38.6 Å². The molecule has 6 heteroatoms. The normalized spacial score (nSPS) is 21.9. The maximum atomic E-state index is 12.5. The van der Waals surface area contributed by atoms with Gasteiger partial charge in [-0.05, 0) is 25.8 Å². The smallest absolute Gasteiger partial charge is 0.255 e. The molecular formula is C15H21N3O3. The molecule has 0 aliphatic carbocycles. The van der Waals surface area contributed by atoms with Crippen molar-refractivity contribution in [1.29, 1.82) is 0 Å². The largest absolute Gasteiger partial charge is 0.365 e. The molecule has 1 spiro atoms. The van der Waals surface area contributed by atoms with E-state index in [0.717, 1.165) is 24.1 Å². The number of nitrogens with zero attached hydrogens (tertiary/aromatic N) is 2. The highest BCUT2D eigenvalue weighted by atomic mass is 16.5. The molecular weight excluding hydrogens is 270 g/mol. The quantitative estimate of drug-likeness (QED) is 0.832. The second-order valence-corrected chi connectivity index (χ2v) is 6.03. The molecule has 1 N–H and O–H groups in total. The van der Waals surface area contributed by atoms with Crippen LogP contribution in [0, 0.1) is 6.92 Å². The Hall–Kier alpha value is -1.82. The zero-order valence-corrected chi connectivity index (χ0v) is 12.5. The van der Waals surface area contributed by atoms with Crippen LogP contribution in [0.2, 0.25) is 0 Å². The molecule has 2 amide bonds. The van der Waals surface area contributed by atoms with Gasteiger partial charge in [-0.2, -0.15) is 0 Å². The number of morpholine rings is 1. The minimum Gasteiger partial charge on any atom is -0.365 e. The number of aryl methyl sites for hydroxylation is 1. The molecule has 0 aromatic carbocycles. The average Bonchev–Trinajstić information content (AvgIpc) is 2.90. The SMILES string of the molecule is Cc1[nH]ccc1C(=O)N1CCC2(CC1)CN(C)C(=O)CO2. The van der Waals surface area contributed by atoms with Crippen molar-refractivity contribution in [2.24, 2.45) is 0 Å². The summed E-state index contributed by atoms with van der Waals surface area (Å²) in [6.07, 6.45) is 3.35. The maximum Gasteiger partial charge on any atom is 0.255 e. The number of hydrogen-bond donors (Lipinski definition) is 1. The standard InChI is InChI=1S/C15H21N3O3/c1-11-12(3-6-16-11)14(20)18-7-4-15(5-8-18)10-17(2)13(19)9-21-15/h3,6,16H,4-5,7-10H2,1-2H3. The fourth-order valence-corrected chi connectivity index (χ4v) is 3.17. The van der Waals surface area contributed by atoms with Crippen molar-refractivity contribution in [3.63, 3.8) is 0 Å². The summed E-state index contributed by atoms with van der Waals surface area (Å²) in [6, 6.07) is 1.82. The minimum atomic E-state index is -0.271. The van der Waals surface area contributed by atoms with Gasteiger partial charge in [0.1, 0.15) is 6.61 Å². The monoisotopic (exact) mass is 291 g/mol. The van der Waals surface area contributed by atoms with Crippen molar-refractivity contribution in [2.45, 2.75) is 25.4 Å². The van der Waals surface area contributed by atoms with Crippen LogP contribution in [-0.2, 0) is 9.53 Å². The second kappa shape index (κ2) is 5.18. The lowest BCUT2D eigenvalue weighted by atomic mass is 9.89. The second-order valence-electron chi connectivity index (χ2n) is 6.03. The van der Waals surface area contributed by atoms with Gasteiger partial charge < -0.3 is 19.5 Å². The Morgan fingerprint density at radius 1 is 1.38 bits per heavy atom. The average molecular weight is 291 g/mol. The fourth-order valence-electron chi connectivity index (χ4n) is 3.17. The first-order valence-electron chi connectivity index (χ1n) is 7.32. The molecule has 0 saturated carbocycles. The van der Waals surface area contributed by atoms with Crippen LogP contribution in [0.1, 0.15) is 28.9 Å². The highest BCUT2D eigenvalue weighted by Crippen LogP contribution is 2.30. The molecule has 3 heterocycles. The summed E-state index contributed by atoms with van der Waals surface area (Å²) in [7, 11) is 1.81. The Morgan fingerprint density at radius 3 is 2.67 bits per heavy atom. The van der Waals surface area contributed by atoms with E-state index in [2.05, 4.69) is 4.98 Å². The van der Waals surface area contributed by atoms with Gasteiger partial charge in [0.05, 0.1) is 11.2 Å². The van der Waals surface area contributed by atoms with Gasteiger partial charge in [0.15, 0.2) is 0 Å². The summed E-state index contributed by atoms with van der Waals surface area (Å²) < 4.78 is 5.80. The zero-order chi connectivity index (χ0) is 15.0. The molecule has 0 radical (unpaired) electrons. The van der Waals surface area contributed by atoms with E-state index in [1.807, 2.05) is 24.9 Å². The Balaban J connectivity index is 1.64. The van der Waals surface area contributed by atoms with E-state index in [1.54, 1.807) is 11.1 Å². The first-order valence-corrected chi connectivity index (χ1v) is 7.32. The van der Waals surface area contributed by atoms with E-state index >= 15 is 0 Å². The summed E-state index contributed by atoms with van der Waals surface area (Å²) in [5.41, 5.74) is 1.37. The lowest BCUT2D eigenvalue weighted by Gasteiger charge is -2.46. The molecule has 21 heavy (non-hydrogen) atoms. The van der Waals surface area contributed by atoms with Crippen LogP contribution >= 0.6 is 0 Å². The van der Waals surface area contributed by atoms with Gasteiger partial charge in [-0.1, -0.05) is 0 Å².